The summed E-state index contributed by atoms with van der Waals surface area (Å²) in [5, 5.41) is 5.90. The second kappa shape index (κ2) is 11.7. The number of piperidine rings is 2. The minimum absolute atomic E-state index is 0. The molecule has 160 valence electrons. The molecule has 28 heavy (non-hydrogen) atoms. The molecule has 1 aromatic rings. The summed E-state index contributed by atoms with van der Waals surface area (Å²) in [6, 6.07) is 4.36. The van der Waals surface area contributed by atoms with Crippen molar-refractivity contribution in [3.8, 4) is 0 Å². The monoisotopic (exact) mass is 519 g/mol. The van der Waals surface area contributed by atoms with Crippen LogP contribution in [0.4, 0.5) is 0 Å². The largest absolute Gasteiger partial charge is 0.354 e. The molecule has 0 radical (unpaired) electrons. The number of thiophene rings is 1. The zero-order valence-electron chi connectivity index (χ0n) is 17.8. The molecule has 0 saturated carbocycles. The van der Waals surface area contributed by atoms with Gasteiger partial charge in [-0.05, 0) is 76.8 Å². The summed E-state index contributed by atoms with van der Waals surface area (Å²) in [6.07, 6.45) is 7.70. The van der Waals surface area contributed by atoms with Crippen LogP contribution >= 0.6 is 35.3 Å². The van der Waals surface area contributed by atoms with Gasteiger partial charge in [0, 0.05) is 37.6 Å². The minimum Gasteiger partial charge on any atom is -0.354 e. The topological polar surface area (TPSA) is 34.1 Å². The number of likely N-dealkylation sites (tertiary alicyclic amines) is 2. The fourth-order valence-corrected chi connectivity index (χ4v) is 5.17. The number of hydrogen-bond donors (Lipinski definition) is 1. The van der Waals surface area contributed by atoms with Crippen LogP contribution in [0.1, 0.15) is 37.0 Å². The first kappa shape index (κ1) is 23.9. The molecule has 1 aromatic heterocycles. The van der Waals surface area contributed by atoms with Gasteiger partial charge in [0.25, 0.3) is 0 Å². The van der Waals surface area contributed by atoms with Crippen molar-refractivity contribution in [1.82, 2.24) is 20.0 Å². The summed E-state index contributed by atoms with van der Waals surface area (Å²) in [7, 11) is 6.32. The Morgan fingerprint density at radius 2 is 1.93 bits per heavy atom. The van der Waals surface area contributed by atoms with Gasteiger partial charge in [0.2, 0.25) is 0 Å². The average molecular weight is 520 g/mol. The van der Waals surface area contributed by atoms with Gasteiger partial charge >= 0.3 is 0 Å². The minimum atomic E-state index is 0. The van der Waals surface area contributed by atoms with Gasteiger partial charge in [-0.15, -0.1) is 35.3 Å². The van der Waals surface area contributed by atoms with E-state index in [-0.39, 0.29) is 29.5 Å². The van der Waals surface area contributed by atoms with Crippen LogP contribution in [0.25, 0.3) is 0 Å². The van der Waals surface area contributed by atoms with E-state index in [4.69, 9.17) is 0 Å². The Balaban J connectivity index is 0.00000280. The number of guanidine groups is 1. The lowest BCUT2D eigenvalue weighted by Gasteiger charge is -2.50. The molecule has 7 heteroatoms. The summed E-state index contributed by atoms with van der Waals surface area (Å²) in [5.74, 6) is 1.03. The third-order valence-electron chi connectivity index (χ3n) is 6.37. The third-order valence-corrected chi connectivity index (χ3v) is 7.30. The highest BCUT2D eigenvalue weighted by Gasteiger charge is 2.39. The fourth-order valence-electron chi connectivity index (χ4n) is 4.47. The molecule has 5 nitrogen and oxygen atoms in total. The fraction of sp³-hybridized carbons (Fsp3) is 0.762. The third kappa shape index (κ3) is 6.31. The zero-order chi connectivity index (χ0) is 19.1. The summed E-state index contributed by atoms with van der Waals surface area (Å²) in [5.41, 5.74) is 0.289. The highest BCUT2D eigenvalue weighted by molar-refractivity contribution is 14.0. The summed E-state index contributed by atoms with van der Waals surface area (Å²) in [4.78, 5) is 13.6. The normalized spacial score (nSPS) is 21.2. The van der Waals surface area contributed by atoms with Crippen molar-refractivity contribution in [3.05, 3.63) is 22.4 Å². The van der Waals surface area contributed by atoms with Crippen molar-refractivity contribution in [2.24, 2.45) is 4.99 Å². The zero-order valence-corrected chi connectivity index (χ0v) is 21.0. The smallest absolute Gasteiger partial charge is 0.193 e. The van der Waals surface area contributed by atoms with Crippen molar-refractivity contribution < 1.29 is 0 Å². The lowest BCUT2D eigenvalue weighted by molar-refractivity contribution is 0.0170. The molecule has 0 spiro atoms. The van der Waals surface area contributed by atoms with Crippen molar-refractivity contribution in [2.45, 2.75) is 44.1 Å². The molecule has 3 heterocycles. The van der Waals surface area contributed by atoms with E-state index in [1.807, 2.05) is 18.4 Å². The maximum atomic E-state index is 4.57. The molecule has 2 fully saturated rings. The summed E-state index contributed by atoms with van der Waals surface area (Å²) < 4.78 is 0. The van der Waals surface area contributed by atoms with E-state index in [0.717, 1.165) is 25.5 Å². The van der Waals surface area contributed by atoms with Gasteiger partial charge in [-0.3, -0.25) is 9.89 Å². The van der Waals surface area contributed by atoms with Gasteiger partial charge < -0.3 is 15.1 Å². The first-order valence-electron chi connectivity index (χ1n) is 10.5. The maximum absolute atomic E-state index is 4.57. The second-order valence-electron chi connectivity index (χ2n) is 8.23. The van der Waals surface area contributed by atoms with Crippen LogP contribution in [0, 0.1) is 0 Å². The number of nitrogens with one attached hydrogen (secondary N) is 1. The molecule has 0 bridgehead atoms. The SMILES string of the molecule is CN=C(NCC1(N2CCCCC2)CCN(C)CC1)N(C)CCc1cccs1.I. The van der Waals surface area contributed by atoms with Crippen molar-refractivity contribution >= 4 is 41.3 Å². The second-order valence-corrected chi connectivity index (χ2v) is 9.26. The maximum Gasteiger partial charge on any atom is 0.193 e. The van der Waals surface area contributed by atoms with Crippen molar-refractivity contribution in [1.29, 1.82) is 0 Å². The first-order chi connectivity index (χ1) is 13.1. The Bertz CT molecular complexity index is 578. The van der Waals surface area contributed by atoms with Gasteiger partial charge in [-0.25, -0.2) is 0 Å². The van der Waals surface area contributed by atoms with E-state index >= 15 is 0 Å². The Morgan fingerprint density at radius 3 is 2.54 bits per heavy atom. The van der Waals surface area contributed by atoms with Crippen LogP contribution in [-0.4, -0.2) is 86.6 Å². The molecule has 1 N–H and O–H groups in total. The predicted octanol–water partition coefficient (Wildman–Crippen LogP) is 3.37. The van der Waals surface area contributed by atoms with E-state index in [2.05, 4.69) is 56.6 Å². The van der Waals surface area contributed by atoms with Crippen LogP contribution in [0.15, 0.2) is 22.5 Å². The van der Waals surface area contributed by atoms with Gasteiger partial charge in [0.15, 0.2) is 5.96 Å². The Hall–Kier alpha value is -0.380. The Kier molecular flexibility index (Phi) is 10.00. The summed E-state index contributed by atoms with van der Waals surface area (Å²) >= 11 is 1.84. The van der Waals surface area contributed by atoms with E-state index in [1.165, 1.54) is 63.2 Å². The lowest BCUT2D eigenvalue weighted by Crippen LogP contribution is -2.62. The summed E-state index contributed by atoms with van der Waals surface area (Å²) in [6.45, 7) is 6.93. The van der Waals surface area contributed by atoms with E-state index in [0.29, 0.717) is 0 Å². The molecule has 0 aliphatic carbocycles. The quantitative estimate of drug-likeness (QED) is 0.355. The van der Waals surface area contributed by atoms with Crippen LogP contribution in [-0.2, 0) is 6.42 Å². The highest BCUT2D eigenvalue weighted by atomic mass is 127. The van der Waals surface area contributed by atoms with Crippen LogP contribution in [0.2, 0.25) is 0 Å². The van der Waals surface area contributed by atoms with Crippen LogP contribution < -0.4 is 5.32 Å². The van der Waals surface area contributed by atoms with Gasteiger partial charge in [0.1, 0.15) is 0 Å². The number of aliphatic imine (C=N–C) groups is 1. The molecule has 0 atom stereocenters. The molecule has 2 aliphatic heterocycles. The standard InChI is InChI=1S/C21H37N5S.HI/c1-22-20(25(3)14-9-19-8-7-17-27-19)23-18-21(10-15-24(2)16-11-21)26-12-5-4-6-13-26;/h7-8,17H,4-6,9-16,18H2,1-3H3,(H,22,23);1H. The van der Waals surface area contributed by atoms with E-state index in [9.17, 15) is 0 Å². The number of rotatable bonds is 6. The number of halogens is 1. The van der Waals surface area contributed by atoms with Crippen molar-refractivity contribution in [2.75, 3.05) is 60.4 Å². The molecule has 2 aliphatic rings. The molecule has 0 amide bonds. The van der Waals surface area contributed by atoms with E-state index < -0.39 is 0 Å². The van der Waals surface area contributed by atoms with Crippen LogP contribution in [0.5, 0.6) is 0 Å². The molecule has 3 rings (SSSR count). The van der Waals surface area contributed by atoms with E-state index in [1.54, 1.807) is 0 Å². The number of likely N-dealkylation sites (N-methyl/N-ethyl adjacent to an activating group) is 1. The molecular weight excluding hydrogens is 481 g/mol. The number of hydrogen-bond acceptors (Lipinski definition) is 4. The van der Waals surface area contributed by atoms with Gasteiger partial charge in [0.05, 0.1) is 0 Å². The Labute approximate surface area is 192 Å². The Morgan fingerprint density at radius 1 is 1.21 bits per heavy atom. The molecular formula is C21H38IN5S. The molecule has 0 aromatic carbocycles. The van der Waals surface area contributed by atoms with Gasteiger partial charge in [-0.2, -0.15) is 0 Å². The molecule has 2 saturated heterocycles. The first-order valence-corrected chi connectivity index (χ1v) is 11.4. The predicted molar refractivity (Wildman–Crippen MR) is 132 cm³/mol. The van der Waals surface area contributed by atoms with Crippen molar-refractivity contribution in [3.63, 3.8) is 0 Å². The highest BCUT2D eigenvalue weighted by Crippen LogP contribution is 2.30. The molecule has 0 unspecified atom stereocenters. The lowest BCUT2D eigenvalue weighted by atomic mass is 9.84. The average Bonchev–Trinajstić information content (AvgIpc) is 3.23. The van der Waals surface area contributed by atoms with Crippen LogP contribution in [0.3, 0.4) is 0 Å². The van der Waals surface area contributed by atoms with Gasteiger partial charge in [-0.1, -0.05) is 12.5 Å². The number of nitrogens with zero attached hydrogens (tertiary/aromatic N) is 4.